The van der Waals surface area contributed by atoms with Gasteiger partial charge in [0.2, 0.25) is 0 Å². The van der Waals surface area contributed by atoms with E-state index in [2.05, 4.69) is 0 Å². The number of carboxylic acids is 2. The third-order valence-corrected chi connectivity index (χ3v) is 6.75. The van der Waals surface area contributed by atoms with E-state index in [1.807, 2.05) is 0 Å². The zero-order chi connectivity index (χ0) is 21.2. The lowest BCUT2D eigenvalue weighted by Crippen LogP contribution is -2.14. The minimum atomic E-state index is -0.745. The Hall–Kier alpha value is -2.44. The number of hydrogen-bond acceptors (Lipinski definition) is 5. The molecule has 0 saturated heterocycles. The Balaban J connectivity index is 1.57. The van der Waals surface area contributed by atoms with Gasteiger partial charge in [0.25, 0.3) is 0 Å². The quantitative estimate of drug-likeness (QED) is 0.201. The third kappa shape index (κ3) is 4.60. The minimum absolute atomic E-state index is 0.0705. The molecule has 0 unspecified atom stereocenters. The first-order chi connectivity index (χ1) is 13.7. The van der Waals surface area contributed by atoms with Gasteiger partial charge in [0.15, 0.2) is 11.5 Å². The van der Waals surface area contributed by atoms with E-state index in [-0.39, 0.29) is 17.2 Å². The van der Waals surface area contributed by atoms with Gasteiger partial charge in [0.05, 0.1) is 10.8 Å². The molecule has 0 amide bonds. The van der Waals surface area contributed by atoms with E-state index in [0.717, 1.165) is 18.9 Å². The monoisotopic (exact) mass is 406 g/mol. The number of carbonyl (C=O) groups is 2. The van der Waals surface area contributed by atoms with Crippen molar-refractivity contribution in [2.75, 3.05) is 0 Å². The fraction of sp³-hybridized carbons (Fsp3) is 0.636. The van der Waals surface area contributed by atoms with Gasteiger partial charge in [-0.1, -0.05) is 12.8 Å². The average Bonchev–Trinajstić information content (AvgIpc) is 3.56. The molecule has 29 heavy (non-hydrogen) atoms. The van der Waals surface area contributed by atoms with Gasteiger partial charge in [0, 0.05) is 17.2 Å². The molecule has 2 fully saturated rings. The highest BCUT2D eigenvalue weighted by Gasteiger charge is 2.49. The van der Waals surface area contributed by atoms with Crippen LogP contribution in [0.3, 0.4) is 0 Å². The number of rotatable bonds is 12. The van der Waals surface area contributed by atoms with Crippen molar-refractivity contribution in [1.82, 2.24) is 0 Å². The molecule has 2 saturated carbocycles. The lowest BCUT2D eigenvalue weighted by atomic mass is 9.91. The smallest absolute Gasteiger partial charge is 0.309 e. The maximum atomic E-state index is 11.3. The molecule has 0 bridgehead atoms. The van der Waals surface area contributed by atoms with Crippen molar-refractivity contribution in [3.63, 3.8) is 0 Å². The van der Waals surface area contributed by atoms with E-state index in [1.54, 1.807) is 0 Å². The summed E-state index contributed by atoms with van der Waals surface area (Å²) in [6.45, 7) is 0. The summed E-state index contributed by atoms with van der Waals surface area (Å²) >= 11 is 0. The Labute approximate surface area is 170 Å². The molecule has 0 heterocycles. The molecule has 1 aromatic carbocycles. The molecule has 0 aromatic heterocycles. The van der Waals surface area contributed by atoms with Gasteiger partial charge < -0.3 is 25.5 Å². The van der Waals surface area contributed by atoms with Gasteiger partial charge in [-0.2, -0.15) is 0 Å². The van der Waals surface area contributed by atoms with E-state index < -0.39 is 22.8 Å². The van der Waals surface area contributed by atoms with Gasteiger partial charge in [-0.25, -0.2) is 0 Å². The fourth-order valence-electron chi connectivity index (χ4n) is 4.26. The van der Waals surface area contributed by atoms with Gasteiger partial charge in [-0.05, 0) is 64.2 Å². The summed E-state index contributed by atoms with van der Waals surface area (Å²) in [5.41, 5.74) is -0.0542. The Bertz CT molecular complexity index is 791. The third-order valence-electron chi connectivity index (χ3n) is 6.75. The highest BCUT2D eigenvalue weighted by atomic mass is 16.4. The predicted molar refractivity (Wildman–Crippen MR) is 105 cm³/mol. The standard InChI is InChI=1S/C22H30O7/c23-16-13-17(24)18(25)15(6-2-4-8-22(11-12-22)20(28)29)14(16)5-1-3-7-21(9-10-21)19(26)27/h13,23-25H,1-12H2,(H,26,27)(H,28,29). The zero-order valence-electron chi connectivity index (χ0n) is 16.6. The summed E-state index contributed by atoms with van der Waals surface area (Å²) in [7, 11) is 0. The lowest BCUT2D eigenvalue weighted by Gasteiger charge is -2.16. The molecule has 0 radical (unpaired) electrons. The Morgan fingerprint density at radius 3 is 1.59 bits per heavy atom. The molecule has 3 rings (SSSR count). The lowest BCUT2D eigenvalue weighted by molar-refractivity contribution is -0.144. The van der Waals surface area contributed by atoms with Crippen molar-refractivity contribution in [2.45, 2.75) is 77.0 Å². The van der Waals surface area contributed by atoms with Crippen LogP contribution in [-0.2, 0) is 22.4 Å². The Kier molecular flexibility index (Phi) is 5.96. The van der Waals surface area contributed by atoms with Crippen molar-refractivity contribution < 1.29 is 35.1 Å². The van der Waals surface area contributed by atoms with Gasteiger partial charge >= 0.3 is 11.9 Å². The predicted octanol–water partition coefficient (Wildman–Crippen LogP) is 3.96. The van der Waals surface area contributed by atoms with Crippen LogP contribution < -0.4 is 0 Å². The molecule has 0 spiro atoms. The SMILES string of the molecule is O=C(O)C1(CCCCc2c(O)cc(O)c(O)c2CCCCC2(C(=O)O)CC2)CC1. The van der Waals surface area contributed by atoms with Crippen LogP contribution in [0.1, 0.15) is 75.3 Å². The second-order valence-electron chi connectivity index (χ2n) is 8.81. The van der Waals surface area contributed by atoms with E-state index in [9.17, 15) is 35.1 Å². The molecule has 0 atom stereocenters. The average molecular weight is 406 g/mol. The number of unbranched alkanes of at least 4 members (excludes halogenated alkanes) is 2. The molecular formula is C22H30O7. The molecule has 7 nitrogen and oxygen atoms in total. The summed E-state index contributed by atoms with van der Waals surface area (Å²) in [6.07, 6.45) is 7.75. The van der Waals surface area contributed by atoms with Gasteiger partial charge in [-0.15, -0.1) is 0 Å². The number of aliphatic carboxylic acids is 2. The summed E-state index contributed by atoms with van der Waals surface area (Å²) in [6, 6.07) is 1.14. The summed E-state index contributed by atoms with van der Waals surface area (Å²) in [5, 5.41) is 49.0. The number of phenolic OH excluding ortho intramolecular Hbond substituents is 3. The highest BCUT2D eigenvalue weighted by molar-refractivity contribution is 5.78. The van der Waals surface area contributed by atoms with Crippen LogP contribution in [0, 0.1) is 10.8 Å². The van der Waals surface area contributed by atoms with Crippen LogP contribution in [0.15, 0.2) is 6.07 Å². The van der Waals surface area contributed by atoms with Crippen LogP contribution in [0.4, 0.5) is 0 Å². The Morgan fingerprint density at radius 1 is 0.724 bits per heavy atom. The van der Waals surface area contributed by atoms with E-state index in [0.29, 0.717) is 75.3 Å². The second-order valence-corrected chi connectivity index (χ2v) is 8.81. The Morgan fingerprint density at radius 2 is 1.17 bits per heavy atom. The van der Waals surface area contributed by atoms with E-state index in [1.165, 1.54) is 0 Å². The van der Waals surface area contributed by atoms with Crippen LogP contribution in [0.25, 0.3) is 0 Å². The topological polar surface area (TPSA) is 135 Å². The molecule has 160 valence electrons. The number of phenols is 3. The van der Waals surface area contributed by atoms with Gasteiger partial charge in [0.1, 0.15) is 5.75 Å². The molecule has 5 N–H and O–H groups in total. The molecular weight excluding hydrogens is 376 g/mol. The first-order valence-electron chi connectivity index (χ1n) is 10.4. The first kappa shape index (κ1) is 21.3. The largest absolute Gasteiger partial charge is 0.508 e. The first-order valence-corrected chi connectivity index (χ1v) is 10.4. The fourth-order valence-corrected chi connectivity index (χ4v) is 4.26. The number of benzene rings is 1. The summed E-state index contributed by atoms with van der Waals surface area (Å²) in [5.74, 6) is -2.16. The maximum Gasteiger partial charge on any atom is 0.309 e. The summed E-state index contributed by atoms with van der Waals surface area (Å²) in [4.78, 5) is 22.5. The van der Waals surface area contributed by atoms with Crippen LogP contribution in [-0.4, -0.2) is 37.5 Å². The zero-order valence-corrected chi connectivity index (χ0v) is 16.6. The van der Waals surface area contributed by atoms with Crippen molar-refractivity contribution in [3.8, 4) is 17.2 Å². The maximum absolute atomic E-state index is 11.3. The molecule has 2 aliphatic rings. The van der Waals surface area contributed by atoms with Crippen molar-refractivity contribution in [3.05, 3.63) is 17.2 Å². The molecule has 1 aromatic rings. The van der Waals surface area contributed by atoms with Crippen molar-refractivity contribution in [2.24, 2.45) is 10.8 Å². The summed E-state index contributed by atoms with van der Waals surface area (Å²) < 4.78 is 0. The van der Waals surface area contributed by atoms with E-state index in [4.69, 9.17) is 0 Å². The number of aromatic hydroxyl groups is 3. The molecule has 7 heteroatoms. The molecule has 2 aliphatic carbocycles. The van der Waals surface area contributed by atoms with Crippen LogP contribution in [0.2, 0.25) is 0 Å². The highest BCUT2D eigenvalue weighted by Crippen LogP contribution is 2.51. The van der Waals surface area contributed by atoms with Gasteiger partial charge in [-0.3, -0.25) is 9.59 Å². The van der Waals surface area contributed by atoms with Crippen molar-refractivity contribution >= 4 is 11.9 Å². The second kappa shape index (κ2) is 8.13. The van der Waals surface area contributed by atoms with Crippen LogP contribution >= 0.6 is 0 Å². The number of carboxylic acid groups (broad SMARTS) is 2. The number of hydrogen-bond donors (Lipinski definition) is 5. The minimum Gasteiger partial charge on any atom is -0.508 e. The van der Waals surface area contributed by atoms with Crippen molar-refractivity contribution in [1.29, 1.82) is 0 Å². The normalized spacial score (nSPS) is 18.3. The van der Waals surface area contributed by atoms with E-state index >= 15 is 0 Å². The molecule has 0 aliphatic heterocycles. The van der Waals surface area contributed by atoms with Crippen LogP contribution in [0.5, 0.6) is 17.2 Å².